The molecular weight excluding hydrogens is 257 g/mol. The molecule has 2 nitrogen and oxygen atoms in total. The summed E-state index contributed by atoms with van der Waals surface area (Å²) >= 11 is 12.2. The van der Waals surface area contributed by atoms with Crippen LogP contribution in [0.4, 0.5) is 0 Å². The van der Waals surface area contributed by atoms with Gasteiger partial charge in [-0.15, -0.1) is 0 Å². The quantitative estimate of drug-likeness (QED) is 0.822. The highest BCUT2D eigenvalue weighted by Gasteiger charge is 2.12. The third-order valence-corrected chi connectivity index (χ3v) is 3.41. The molecule has 0 bridgehead atoms. The van der Waals surface area contributed by atoms with Crippen LogP contribution in [0.25, 0.3) is 0 Å². The van der Waals surface area contributed by atoms with Gasteiger partial charge in [0, 0.05) is 13.2 Å². The normalized spacial score (nSPS) is 12.7. The molecule has 0 saturated heterocycles. The van der Waals surface area contributed by atoms with Crippen LogP contribution in [-0.4, -0.2) is 26.3 Å². The largest absolute Gasteiger partial charge is 0.383 e. The van der Waals surface area contributed by atoms with Gasteiger partial charge in [0.2, 0.25) is 0 Å². The molecule has 0 aliphatic heterocycles. The van der Waals surface area contributed by atoms with Gasteiger partial charge in [-0.2, -0.15) is 0 Å². The molecule has 0 aliphatic carbocycles. The molecule has 1 N–H and O–H groups in total. The minimum absolute atomic E-state index is 0.274. The molecule has 0 spiro atoms. The lowest BCUT2D eigenvalue weighted by Crippen LogP contribution is -2.35. The maximum atomic E-state index is 6.17. The van der Waals surface area contributed by atoms with Gasteiger partial charge in [0.1, 0.15) is 0 Å². The maximum absolute atomic E-state index is 6.17. The van der Waals surface area contributed by atoms with Gasteiger partial charge in [-0.3, -0.25) is 0 Å². The molecule has 0 fully saturated rings. The molecule has 0 aliphatic rings. The van der Waals surface area contributed by atoms with Gasteiger partial charge in [-0.05, 0) is 31.0 Å². The van der Waals surface area contributed by atoms with Crippen molar-refractivity contribution in [3.05, 3.63) is 33.8 Å². The molecular formula is C13H19Cl2NO. The van der Waals surface area contributed by atoms with Crippen LogP contribution in [0.1, 0.15) is 18.9 Å². The molecule has 0 radical (unpaired) electrons. The minimum Gasteiger partial charge on any atom is -0.383 e. The summed E-state index contributed by atoms with van der Waals surface area (Å²) in [7, 11) is 1.71. The third kappa shape index (κ3) is 4.84. The van der Waals surface area contributed by atoms with Crippen molar-refractivity contribution >= 4 is 23.2 Å². The second kappa shape index (κ2) is 7.93. The molecule has 1 unspecified atom stereocenters. The van der Waals surface area contributed by atoms with Crippen molar-refractivity contribution in [1.29, 1.82) is 0 Å². The fourth-order valence-electron chi connectivity index (χ4n) is 1.71. The first-order chi connectivity index (χ1) is 8.19. The fraction of sp³-hybridized carbons (Fsp3) is 0.538. The van der Waals surface area contributed by atoms with Gasteiger partial charge < -0.3 is 10.1 Å². The van der Waals surface area contributed by atoms with Gasteiger partial charge in [0.05, 0.1) is 16.7 Å². The molecule has 1 aromatic carbocycles. The van der Waals surface area contributed by atoms with Crippen molar-refractivity contribution in [3.8, 4) is 0 Å². The summed E-state index contributed by atoms with van der Waals surface area (Å²) in [5.74, 6) is 0. The Labute approximate surface area is 113 Å². The van der Waals surface area contributed by atoms with E-state index in [4.69, 9.17) is 27.9 Å². The molecule has 96 valence electrons. The van der Waals surface area contributed by atoms with Gasteiger partial charge in [-0.1, -0.05) is 42.3 Å². The van der Waals surface area contributed by atoms with E-state index in [0.29, 0.717) is 16.7 Å². The van der Waals surface area contributed by atoms with E-state index in [1.54, 1.807) is 13.2 Å². The lowest BCUT2D eigenvalue weighted by Gasteiger charge is -2.18. The van der Waals surface area contributed by atoms with E-state index in [9.17, 15) is 0 Å². The molecule has 4 heteroatoms. The zero-order chi connectivity index (χ0) is 12.7. The maximum Gasteiger partial charge on any atom is 0.0624 e. The monoisotopic (exact) mass is 275 g/mol. The molecule has 0 heterocycles. The van der Waals surface area contributed by atoms with Crippen molar-refractivity contribution in [2.75, 3.05) is 20.3 Å². The Morgan fingerprint density at radius 3 is 2.76 bits per heavy atom. The van der Waals surface area contributed by atoms with E-state index in [0.717, 1.165) is 24.9 Å². The van der Waals surface area contributed by atoms with E-state index in [1.807, 2.05) is 12.1 Å². The summed E-state index contributed by atoms with van der Waals surface area (Å²) in [4.78, 5) is 0. The summed E-state index contributed by atoms with van der Waals surface area (Å²) in [5.41, 5.74) is 1.06. The number of ether oxygens (including phenoxy) is 1. The summed E-state index contributed by atoms with van der Waals surface area (Å²) in [6.07, 6.45) is 1.93. The third-order valence-electron chi connectivity index (χ3n) is 2.55. The predicted octanol–water partition coefficient (Wildman–Crippen LogP) is 3.55. The SMILES string of the molecule is CCCNC(COC)Cc1cccc(Cl)c1Cl. The first kappa shape index (κ1) is 14.8. The number of rotatable bonds is 7. The number of methoxy groups -OCH3 is 1. The lowest BCUT2D eigenvalue weighted by molar-refractivity contribution is 0.166. The van der Waals surface area contributed by atoms with E-state index >= 15 is 0 Å². The van der Waals surface area contributed by atoms with E-state index in [1.165, 1.54) is 0 Å². The number of benzene rings is 1. The standard InChI is InChI=1S/C13H19Cl2NO/c1-3-7-16-11(9-17-2)8-10-5-4-6-12(14)13(10)15/h4-6,11,16H,3,7-9H2,1-2H3. The molecule has 1 atom stereocenters. The van der Waals surface area contributed by atoms with Crippen LogP contribution in [0, 0.1) is 0 Å². The van der Waals surface area contributed by atoms with Crippen molar-refractivity contribution in [1.82, 2.24) is 5.32 Å². The van der Waals surface area contributed by atoms with Gasteiger partial charge in [-0.25, -0.2) is 0 Å². The van der Waals surface area contributed by atoms with E-state index < -0.39 is 0 Å². The van der Waals surface area contributed by atoms with Gasteiger partial charge >= 0.3 is 0 Å². The molecule has 1 aromatic rings. The average molecular weight is 276 g/mol. The topological polar surface area (TPSA) is 21.3 Å². The zero-order valence-electron chi connectivity index (χ0n) is 10.3. The Morgan fingerprint density at radius 1 is 1.35 bits per heavy atom. The molecule has 0 aromatic heterocycles. The zero-order valence-corrected chi connectivity index (χ0v) is 11.8. The Kier molecular flexibility index (Phi) is 6.90. The second-order valence-corrected chi connectivity index (χ2v) is 4.81. The molecule has 1 rings (SSSR count). The van der Waals surface area contributed by atoms with Crippen LogP contribution >= 0.6 is 23.2 Å². The first-order valence-corrected chi connectivity index (χ1v) is 6.59. The highest BCUT2D eigenvalue weighted by molar-refractivity contribution is 6.42. The fourth-order valence-corrected chi connectivity index (χ4v) is 2.11. The molecule has 0 saturated carbocycles. The Balaban J connectivity index is 2.67. The summed E-state index contributed by atoms with van der Waals surface area (Å²) in [6, 6.07) is 6.01. The van der Waals surface area contributed by atoms with Crippen LogP contribution in [0.3, 0.4) is 0 Å². The van der Waals surface area contributed by atoms with Crippen LogP contribution in [0.2, 0.25) is 10.0 Å². The van der Waals surface area contributed by atoms with E-state index in [-0.39, 0.29) is 6.04 Å². The Morgan fingerprint density at radius 2 is 2.12 bits per heavy atom. The number of hydrogen-bond acceptors (Lipinski definition) is 2. The number of hydrogen-bond donors (Lipinski definition) is 1. The van der Waals surface area contributed by atoms with Gasteiger partial charge in [0.15, 0.2) is 0 Å². The first-order valence-electron chi connectivity index (χ1n) is 5.84. The second-order valence-electron chi connectivity index (χ2n) is 4.02. The Hall–Kier alpha value is -0.280. The predicted molar refractivity (Wildman–Crippen MR) is 74.1 cm³/mol. The van der Waals surface area contributed by atoms with Crippen molar-refractivity contribution < 1.29 is 4.74 Å². The van der Waals surface area contributed by atoms with Crippen LogP contribution in [0.15, 0.2) is 18.2 Å². The molecule has 0 amide bonds. The van der Waals surface area contributed by atoms with Crippen molar-refractivity contribution in [2.24, 2.45) is 0 Å². The van der Waals surface area contributed by atoms with Crippen LogP contribution in [0.5, 0.6) is 0 Å². The summed E-state index contributed by atoms with van der Waals surface area (Å²) in [5, 5.41) is 4.69. The lowest BCUT2D eigenvalue weighted by atomic mass is 10.1. The van der Waals surface area contributed by atoms with Gasteiger partial charge in [0.25, 0.3) is 0 Å². The smallest absolute Gasteiger partial charge is 0.0624 e. The number of halogens is 2. The van der Waals surface area contributed by atoms with E-state index in [2.05, 4.69) is 12.2 Å². The molecule has 17 heavy (non-hydrogen) atoms. The van der Waals surface area contributed by atoms with Crippen LogP contribution in [-0.2, 0) is 11.2 Å². The average Bonchev–Trinajstić information content (AvgIpc) is 2.32. The Bertz CT molecular complexity index is 344. The highest BCUT2D eigenvalue weighted by atomic mass is 35.5. The van der Waals surface area contributed by atoms with Crippen molar-refractivity contribution in [3.63, 3.8) is 0 Å². The summed E-state index contributed by atoms with van der Waals surface area (Å²) < 4.78 is 5.20. The summed E-state index contributed by atoms with van der Waals surface area (Å²) in [6.45, 7) is 3.79. The number of nitrogens with one attached hydrogen (secondary N) is 1. The minimum atomic E-state index is 0.274. The van der Waals surface area contributed by atoms with Crippen molar-refractivity contribution in [2.45, 2.75) is 25.8 Å². The highest BCUT2D eigenvalue weighted by Crippen LogP contribution is 2.26. The van der Waals surface area contributed by atoms with Crippen LogP contribution < -0.4 is 5.32 Å².